The number of benzene rings is 2. The summed E-state index contributed by atoms with van der Waals surface area (Å²) >= 11 is 0. The van der Waals surface area contributed by atoms with Crippen LogP contribution in [0.2, 0.25) is 0 Å². The first-order valence-electron chi connectivity index (χ1n) is 11.8. The molecule has 4 rings (SSSR count). The lowest BCUT2D eigenvalue weighted by Crippen LogP contribution is -2.60. The van der Waals surface area contributed by atoms with Gasteiger partial charge in [0.2, 0.25) is 0 Å². The van der Waals surface area contributed by atoms with Crippen molar-refractivity contribution in [3.8, 4) is 0 Å². The highest BCUT2D eigenvalue weighted by Crippen LogP contribution is 2.42. The maximum Gasteiger partial charge on any atom is 0.0720 e. The molecule has 2 aliphatic carbocycles. The summed E-state index contributed by atoms with van der Waals surface area (Å²) < 4.78 is 11.7. The van der Waals surface area contributed by atoms with E-state index in [9.17, 15) is 0 Å². The van der Waals surface area contributed by atoms with Crippen LogP contribution in [-0.4, -0.2) is 44.9 Å². The predicted molar refractivity (Wildman–Crippen MR) is 131 cm³/mol. The first-order chi connectivity index (χ1) is 15.4. The molecule has 4 N–H and O–H groups in total. The van der Waals surface area contributed by atoms with Gasteiger partial charge in [-0.3, -0.25) is 0 Å². The Morgan fingerprint density at radius 3 is 1.62 bits per heavy atom. The topological polar surface area (TPSA) is 68.5 Å². The van der Waals surface area contributed by atoms with Crippen LogP contribution in [0.15, 0.2) is 60.7 Å². The average molecular weight is 440 g/mol. The molecule has 0 radical (unpaired) electrons. The lowest BCUT2D eigenvalue weighted by Gasteiger charge is -2.45. The molecule has 0 spiro atoms. The number of nitrogens with one attached hydrogen (secondary N) is 2. The molecule has 0 amide bonds. The minimum atomic E-state index is -0.0455. The van der Waals surface area contributed by atoms with Crippen LogP contribution in [0.5, 0.6) is 0 Å². The van der Waals surface area contributed by atoms with E-state index in [1.807, 2.05) is 38.4 Å². The number of hydrogen-bond acceptors (Lipinski definition) is 5. The Bertz CT molecular complexity index is 705. The predicted octanol–water partition coefficient (Wildman–Crippen LogP) is 3.87. The summed E-state index contributed by atoms with van der Waals surface area (Å²) in [6.45, 7) is 5.74. The van der Waals surface area contributed by atoms with E-state index in [4.69, 9.17) is 15.2 Å². The second-order valence-corrected chi connectivity index (χ2v) is 9.89. The molecule has 0 heterocycles. The molecule has 0 unspecified atom stereocenters. The maximum atomic E-state index is 6.13. The minimum Gasteiger partial charge on any atom is -0.374 e. The highest BCUT2D eigenvalue weighted by molar-refractivity contribution is 5.14. The Hall–Kier alpha value is -1.76. The molecule has 0 saturated heterocycles. The monoisotopic (exact) mass is 439 g/mol. The molecule has 0 aliphatic heterocycles. The van der Waals surface area contributed by atoms with Crippen LogP contribution in [0.3, 0.4) is 0 Å². The SMILES string of the molecule is CNCC1(C)CC(OCc2ccccc2)C1.CNCC1(N)CC(OCc2ccccc2)C1. The van der Waals surface area contributed by atoms with Crippen LogP contribution in [0, 0.1) is 5.41 Å². The number of nitrogens with two attached hydrogens (primary N) is 1. The van der Waals surface area contributed by atoms with E-state index in [-0.39, 0.29) is 5.54 Å². The van der Waals surface area contributed by atoms with Gasteiger partial charge in [0.05, 0.1) is 25.4 Å². The van der Waals surface area contributed by atoms with Crippen molar-refractivity contribution in [3.63, 3.8) is 0 Å². The van der Waals surface area contributed by atoms with Crippen molar-refractivity contribution in [1.29, 1.82) is 0 Å². The van der Waals surface area contributed by atoms with Crippen LogP contribution in [0.4, 0.5) is 0 Å². The van der Waals surface area contributed by atoms with Crippen molar-refractivity contribution in [1.82, 2.24) is 10.6 Å². The number of hydrogen-bond donors (Lipinski definition) is 3. The van der Waals surface area contributed by atoms with Gasteiger partial charge in [-0.15, -0.1) is 0 Å². The lowest BCUT2D eigenvalue weighted by molar-refractivity contribution is -0.0793. The zero-order chi connectivity index (χ0) is 22.9. The number of rotatable bonds is 10. The highest BCUT2D eigenvalue weighted by Gasteiger charge is 2.41. The van der Waals surface area contributed by atoms with Crippen molar-refractivity contribution < 1.29 is 9.47 Å². The third kappa shape index (κ3) is 7.68. The van der Waals surface area contributed by atoms with Gasteiger partial charge in [-0.1, -0.05) is 67.6 Å². The molecule has 2 saturated carbocycles. The van der Waals surface area contributed by atoms with E-state index in [1.54, 1.807) is 0 Å². The van der Waals surface area contributed by atoms with Gasteiger partial charge in [0.25, 0.3) is 0 Å². The summed E-state index contributed by atoms with van der Waals surface area (Å²) in [5, 5.41) is 6.37. The van der Waals surface area contributed by atoms with Gasteiger partial charge < -0.3 is 25.8 Å². The van der Waals surface area contributed by atoms with Gasteiger partial charge in [0, 0.05) is 18.6 Å². The first-order valence-corrected chi connectivity index (χ1v) is 11.8. The van der Waals surface area contributed by atoms with Crippen molar-refractivity contribution in [2.75, 3.05) is 27.2 Å². The fourth-order valence-electron chi connectivity index (χ4n) is 4.77. The van der Waals surface area contributed by atoms with E-state index in [1.165, 1.54) is 24.0 Å². The van der Waals surface area contributed by atoms with Gasteiger partial charge in [-0.05, 0) is 56.3 Å². The molecular formula is C27H41N3O2. The zero-order valence-corrected chi connectivity index (χ0v) is 20.0. The third-order valence-corrected chi connectivity index (χ3v) is 6.50. The summed E-state index contributed by atoms with van der Waals surface area (Å²) in [5.74, 6) is 0. The van der Waals surface area contributed by atoms with E-state index in [2.05, 4.69) is 54.0 Å². The highest BCUT2D eigenvalue weighted by atomic mass is 16.5. The number of likely N-dealkylation sites (N-methyl/N-ethyl adjacent to an activating group) is 1. The summed E-state index contributed by atoms with van der Waals surface area (Å²) in [7, 11) is 3.95. The van der Waals surface area contributed by atoms with Crippen molar-refractivity contribution >= 4 is 0 Å². The van der Waals surface area contributed by atoms with E-state index in [0.717, 1.165) is 32.5 Å². The normalized spacial score (nSPS) is 28.8. The van der Waals surface area contributed by atoms with Gasteiger partial charge in [-0.25, -0.2) is 0 Å². The second kappa shape index (κ2) is 11.9. The summed E-state index contributed by atoms with van der Waals surface area (Å²) in [5.41, 5.74) is 9.03. The van der Waals surface area contributed by atoms with Crippen LogP contribution in [0.1, 0.15) is 43.7 Å². The van der Waals surface area contributed by atoms with Crippen LogP contribution in [0.25, 0.3) is 0 Å². The minimum absolute atomic E-state index is 0.0455. The van der Waals surface area contributed by atoms with Gasteiger partial charge in [0.1, 0.15) is 0 Å². The molecule has 0 bridgehead atoms. The van der Waals surface area contributed by atoms with Crippen molar-refractivity contribution in [2.24, 2.45) is 11.1 Å². The van der Waals surface area contributed by atoms with Crippen molar-refractivity contribution in [2.45, 2.75) is 63.6 Å². The average Bonchev–Trinajstić information content (AvgIpc) is 2.75. The molecule has 2 aromatic rings. The Kier molecular flexibility index (Phi) is 9.26. The van der Waals surface area contributed by atoms with Crippen LogP contribution >= 0.6 is 0 Å². The smallest absolute Gasteiger partial charge is 0.0720 e. The Morgan fingerprint density at radius 1 is 0.750 bits per heavy atom. The van der Waals surface area contributed by atoms with Gasteiger partial charge in [0.15, 0.2) is 0 Å². The molecule has 2 aromatic carbocycles. The quantitative estimate of drug-likeness (QED) is 0.524. The first kappa shape index (κ1) is 24.9. The third-order valence-electron chi connectivity index (χ3n) is 6.50. The van der Waals surface area contributed by atoms with Gasteiger partial charge in [-0.2, -0.15) is 0 Å². The van der Waals surface area contributed by atoms with E-state index < -0.39 is 0 Å². The van der Waals surface area contributed by atoms with E-state index in [0.29, 0.717) is 24.2 Å². The zero-order valence-electron chi connectivity index (χ0n) is 20.0. The molecule has 32 heavy (non-hydrogen) atoms. The largest absolute Gasteiger partial charge is 0.374 e. The fourth-order valence-corrected chi connectivity index (χ4v) is 4.77. The lowest BCUT2D eigenvalue weighted by atomic mass is 9.68. The molecule has 176 valence electrons. The molecule has 0 atom stereocenters. The summed E-state index contributed by atoms with van der Waals surface area (Å²) in [6.07, 6.45) is 5.07. The second-order valence-electron chi connectivity index (χ2n) is 9.89. The maximum absolute atomic E-state index is 6.13. The van der Waals surface area contributed by atoms with Crippen LogP contribution < -0.4 is 16.4 Å². The molecule has 2 aliphatic rings. The molecule has 5 heteroatoms. The van der Waals surface area contributed by atoms with Crippen LogP contribution in [-0.2, 0) is 22.7 Å². The summed E-state index contributed by atoms with van der Waals surface area (Å²) in [4.78, 5) is 0. The summed E-state index contributed by atoms with van der Waals surface area (Å²) in [6, 6.07) is 20.7. The molecule has 0 aromatic heterocycles. The fraction of sp³-hybridized carbons (Fsp3) is 0.556. The molecule has 2 fully saturated rings. The Labute approximate surface area is 194 Å². The Morgan fingerprint density at radius 2 is 1.19 bits per heavy atom. The molecule has 5 nitrogen and oxygen atoms in total. The standard InChI is InChI=1S/C14H21NO.C13H20N2O/c1-14(11-15-2)8-13(9-14)16-10-12-6-4-3-5-7-12;1-15-10-13(14)7-12(8-13)16-9-11-5-3-2-4-6-11/h3-7,13,15H,8-11H2,1-2H3;2-6,12,15H,7-10,14H2,1H3. The number of ether oxygens (including phenoxy) is 2. The van der Waals surface area contributed by atoms with Crippen molar-refractivity contribution in [3.05, 3.63) is 71.8 Å². The molecular weight excluding hydrogens is 398 g/mol. The van der Waals surface area contributed by atoms with E-state index >= 15 is 0 Å². The van der Waals surface area contributed by atoms with Gasteiger partial charge >= 0.3 is 0 Å². The Balaban J connectivity index is 0.000000181.